The van der Waals surface area contributed by atoms with Gasteiger partial charge in [-0.15, -0.1) is 0 Å². The second-order valence-electron chi connectivity index (χ2n) is 4.19. The van der Waals surface area contributed by atoms with Crippen molar-refractivity contribution < 1.29 is 4.92 Å². The molecule has 0 saturated heterocycles. The lowest BCUT2D eigenvalue weighted by Crippen LogP contribution is -2.09. The molecule has 2 rings (SSSR count). The van der Waals surface area contributed by atoms with Crippen LogP contribution in [0.5, 0.6) is 0 Å². The van der Waals surface area contributed by atoms with Crippen LogP contribution in [0, 0.1) is 10.1 Å². The molecule has 0 amide bonds. The van der Waals surface area contributed by atoms with Gasteiger partial charge in [-0.2, -0.15) is 0 Å². The average Bonchev–Trinajstić information content (AvgIpc) is 2.45. The molecule has 1 heterocycles. The van der Waals surface area contributed by atoms with Crippen LogP contribution in [0.25, 0.3) is 0 Å². The van der Waals surface area contributed by atoms with Crippen LogP contribution in [0.3, 0.4) is 0 Å². The van der Waals surface area contributed by atoms with Crippen LogP contribution >= 0.6 is 11.6 Å². The van der Waals surface area contributed by atoms with E-state index in [4.69, 9.17) is 11.6 Å². The largest absolute Gasteiger partial charge is 0.364 e. The van der Waals surface area contributed by atoms with Crippen LogP contribution in [0.15, 0.2) is 30.6 Å². The molecule has 7 nitrogen and oxygen atoms in total. The van der Waals surface area contributed by atoms with Gasteiger partial charge in [0.05, 0.1) is 4.92 Å². The molecular formula is C13H14ClN5O2. The minimum atomic E-state index is -0.502. The van der Waals surface area contributed by atoms with Gasteiger partial charge in [0.25, 0.3) is 0 Å². The van der Waals surface area contributed by atoms with Gasteiger partial charge in [0.1, 0.15) is 6.33 Å². The maximum Gasteiger partial charge on any atom is 0.353 e. The van der Waals surface area contributed by atoms with E-state index in [0.29, 0.717) is 18.1 Å². The first-order valence-corrected chi connectivity index (χ1v) is 6.71. The molecule has 110 valence electrons. The molecule has 0 atom stereocenters. The molecular weight excluding hydrogens is 294 g/mol. The molecule has 0 saturated carbocycles. The molecule has 1 aromatic heterocycles. The Kier molecular flexibility index (Phi) is 4.89. The summed E-state index contributed by atoms with van der Waals surface area (Å²) in [6.07, 6.45) is 1.28. The minimum absolute atomic E-state index is 0.165. The zero-order valence-electron chi connectivity index (χ0n) is 11.3. The lowest BCUT2D eigenvalue weighted by atomic mass is 10.2. The predicted octanol–water partition coefficient (Wildman–Crippen LogP) is 3.08. The van der Waals surface area contributed by atoms with E-state index in [1.165, 1.54) is 6.33 Å². The van der Waals surface area contributed by atoms with E-state index in [2.05, 4.69) is 20.6 Å². The lowest BCUT2D eigenvalue weighted by molar-refractivity contribution is -0.383. The van der Waals surface area contributed by atoms with E-state index in [0.717, 1.165) is 5.56 Å². The van der Waals surface area contributed by atoms with Crippen LogP contribution in [-0.2, 0) is 6.54 Å². The van der Waals surface area contributed by atoms with Crippen molar-refractivity contribution in [1.82, 2.24) is 9.97 Å². The van der Waals surface area contributed by atoms with Gasteiger partial charge in [-0.1, -0.05) is 23.7 Å². The minimum Gasteiger partial charge on any atom is -0.364 e. The molecule has 0 unspecified atom stereocenters. The summed E-state index contributed by atoms with van der Waals surface area (Å²) in [7, 11) is 0. The summed E-state index contributed by atoms with van der Waals surface area (Å²) >= 11 is 5.90. The van der Waals surface area contributed by atoms with Gasteiger partial charge in [-0.05, 0) is 24.6 Å². The fraction of sp³-hybridized carbons (Fsp3) is 0.231. The monoisotopic (exact) mass is 307 g/mol. The highest BCUT2D eigenvalue weighted by molar-refractivity contribution is 6.30. The van der Waals surface area contributed by atoms with E-state index >= 15 is 0 Å². The first-order valence-electron chi connectivity index (χ1n) is 6.33. The van der Waals surface area contributed by atoms with Crippen molar-refractivity contribution in [3.63, 3.8) is 0 Å². The maximum atomic E-state index is 11.2. The van der Waals surface area contributed by atoms with Crippen molar-refractivity contribution in [2.24, 2.45) is 0 Å². The summed E-state index contributed by atoms with van der Waals surface area (Å²) in [5, 5.41) is 17.6. The highest BCUT2D eigenvalue weighted by atomic mass is 35.5. The quantitative estimate of drug-likeness (QED) is 0.629. The third-order valence-electron chi connectivity index (χ3n) is 2.70. The van der Waals surface area contributed by atoms with Crippen LogP contribution in [0.4, 0.5) is 17.3 Å². The van der Waals surface area contributed by atoms with Gasteiger partial charge in [-0.25, -0.2) is 9.97 Å². The van der Waals surface area contributed by atoms with E-state index < -0.39 is 4.92 Å². The van der Waals surface area contributed by atoms with Gasteiger partial charge < -0.3 is 10.6 Å². The van der Waals surface area contributed by atoms with Crippen LogP contribution < -0.4 is 10.6 Å². The highest BCUT2D eigenvalue weighted by Gasteiger charge is 2.22. The number of nitrogens with zero attached hydrogens (tertiary/aromatic N) is 3. The molecule has 0 bridgehead atoms. The topological polar surface area (TPSA) is 93.0 Å². The van der Waals surface area contributed by atoms with E-state index in [9.17, 15) is 10.1 Å². The molecule has 2 N–H and O–H groups in total. The summed E-state index contributed by atoms with van der Waals surface area (Å²) in [4.78, 5) is 18.5. The van der Waals surface area contributed by atoms with Crippen LogP contribution in [0.2, 0.25) is 5.02 Å². The number of hydrogen-bond acceptors (Lipinski definition) is 6. The smallest absolute Gasteiger partial charge is 0.353 e. The summed E-state index contributed by atoms with van der Waals surface area (Å²) < 4.78 is 0. The van der Waals surface area contributed by atoms with Crippen molar-refractivity contribution in [1.29, 1.82) is 0 Å². The summed E-state index contributed by atoms with van der Waals surface area (Å²) in [6, 6.07) is 7.24. The Morgan fingerprint density at radius 1 is 1.29 bits per heavy atom. The Labute approximate surface area is 126 Å². The van der Waals surface area contributed by atoms with E-state index in [1.807, 2.05) is 19.1 Å². The molecule has 0 fully saturated rings. The Hall–Kier alpha value is -2.41. The fourth-order valence-corrected chi connectivity index (χ4v) is 2.02. The molecule has 0 radical (unpaired) electrons. The van der Waals surface area contributed by atoms with Crippen molar-refractivity contribution in [2.45, 2.75) is 13.5 Å². The Morgan fingerprint density at radius 2 is 2.00 bits per heavy atom. The first-order chi connectivity index (χ1) is 10.1. The van der Waals surface area contributed by atoms with Crippen LogP contribution in [-0.4, -0.2) is 21.4 Å². The SMILES string of the molecule is CCNc1ncnc(NCc2cccc(Cl)c2)c1[N+](=O)[O-]. The number of benzene rings is 1. The Balaban J connectivity index is 2.23. The number of anilines is 2. The number of rotatable bonds is 6. The first kappa shape index (κ1) is 15.0. The van der Waals surface area contributed by atoms with Gasteiger partial charge in [0.2, 0.25) is 11.6 Å². The number of nitrogens with one attached hydrogen (secondary N) is 2. The van der Waals surface area contributed by atoms with Crippen molar-refractivity contribution >= 4 is 28.9 Å². The number of halogens is 1. The molecule has 2 aromatic rings. The Bertz CT molecular complexity index is 650. The lowest BCUT2D eigenvalue weighted by Gasteiger charge is -2.09. The predicted molar refractivity (Wildman–Crippen MR) is 81.6 cm³/mol. The molecule has 0 aliphatic heterocycles. The van der Waals surface area contributed by atoms with Crippen molar-refractivity contribution in [3.8, 4) is 0 Å². The summed E-state index contributed by atoms with van der Waals surface area (Å²) in [6.45, 7) is 2.75. The molecule has 0 aliphatic carbocycles. The van der Waals surface area contributed by atoms with Gasteiger partial charge in [0, 0.05) is 18.1 Å². The molecule has 1 aromatic carbocycles. The van der Waals surface area contributed by atoms with Gasteiger partial charge in [-0.3, -0.25) is 10.1 Å². The number of nitro groups is 1. The zero-order chi connectivity index (χ0) is 15.2. The van der Waals surface area contributed by atoms with Gasteiger partial charge in [0.15, 0.2) is 0 Å². The Morgan fingerprint density at radius 3 is 2.62 bits per heavy atom. The van der Waals surface area contributed by atoms with Crippen molar-refractivity contribution in [3.05, 3.63) is 51.3 Å². The van der Waals surface area contributed by atoms with E-state index in [-0.39, 0.29) is 17.3 Å². The average molecular weight is 308 g/mol. The molecule has 21 heavy (non-hydrogen) atoms. The molecule has 0 aliphatic rings. The fourth-order valence-electron chi connectivity index (χ4n) is 1.81. The zero-order valence-corrected chi connectivity index (χ0v) is 12.1. The second-order valence-corrected chi connectivity index (χ2v) is 4.63. The summed E-state index contributed by atoms with van der Waals surface area (Å²) in [5.74, 6) is 0.372. The maximum absolute atomic E-state index is 11.2. The van der Waals surface area contributed by atoms with Crippen LogP contribution in [0.1, 0.15) is 12.5 Å². The standard InChI is InChI=1S/C13H14ClN5O2/c1-2-15-12-11(19(20)21)13(18-8-17-12)16-7-9-4-3-5-10(14)6-9/h3-6,8H,2,7H2,1H3,(H2,15,16,17,18). The van der Waals surface area contributed by atoms with Crippen molar-refractivity contribution in [2.75, 3.05) is 17.2 Å². The number of hydrogen-bond donors (Lipinski definition) is 2. The molecule has 0 spiro atoms. The third-order valence-corrected chi connectivity index (χ3v) is 2.93. The normalized spacial score (nSPS) is 10.2. The number of aromatic nitrogens is 2. The van der Waals surface area contributed by atoms with Gasteiger partial charge >= 0.3 is 5.69 Å². The molecule has 8 heteroatoms. The summed E-state index contributed by atoms with van der Waals surface area (Å²) in [5.41, 5.74) is 0.738. The third kappa shape index (κ3) is 3.79. The highest BCUT2D eigenvalue weighted by Crippen LogP contribution is 2.29. The van der Waals surface area contributed by atoms with E-state index in [1.54, 1.807) is 12.1 Å². The second kappa shape index (κ2) is 6.85.